The van der Waals surface area contributed by atoms with Crippen LogP contribution in [-0.2, 0) is 13.1 Å². The molecule has 2 heterocycles. The minimum atomic E-state index is -0.152. The minimum absolute atomic E-state index is 0.152. The SMILES string of the molecule is COc1cccc(/C=C2\Oc3c(cc4c(c3C)OCN(Cc3ccccc3)C4)C2=O)c1OC. The minimum Gasteiger partial charge on any atom is -0.493 e. The van der Waals surface area contributed by atoms with E-state index in [9.17, 15) is 4.79 Å². The largest absolute Gasteiger partial charge is 0.493 e. The first-order valence-electron chi connectivity index (χ1n) is 10.8. The number of rotatable bonds is 5. The van der Waals surface area contributed by atoms with Crippen molar-refractivity contribution in [2.24, 2.45) is 0 Å². The molecule has 0 saturated heterocycles. The van der Waals surface area contributed by atoms with Gasteiger partial charge in [-0.3, -0.25) is 9.69 Å². The molecule has 0 aromatic heterocycles. The van der Waals surface area contributed by atoms with E-state index in [1.165, 1.54) is 5.56 Å². The smallest absolute Gasteiger partial charge is 0.231 e. The van der Waals surface area contributed by atoms with Crippen molar-refractivity contribution < 1.29 is 23.7 Å². The molecule has 2 aliphatic heterocycles. The molecule has 0 radical (unpaired) electrons. The molecule has 0 aliphatic carbocycles. The number of Topliss-reactive ketones (excluding diaryl/α,β-unsaturated/α-hetero) is 1. The molecule has 0 spiro atoms. The molecule has 6 nitrogen and oxygen atoms in total. The predicted molar refractivity (Wildman–Crippen MR) is 125 cm³/mol. The van der Waals surface area contributed by atoms with Crippen LogP contribution < -0.4 is 18.9 Å². The van der Waals surface area contributed by atoms with Gasteiger partial charge < -0.3 is 18.9 Å². The van der Waals surface area contributed by atoms with Gasteiger partial charge in [0.25, 0.3) is 0 Å². The standard InChI is InChI=1S/C27H25NO5/c1-17-25-20(15-28(16-32-25)14-18-8-5-4-6-9-18)12-21-24(29)23(33-26(17)21)13-19-10-7-11-22(30-2)27(19)31-3/h4-13H,14-16H2,1-3H3/b23-13-. The van der Waals surface area contributed by atoms with Crippen LogP contribution in [0.5, 0.6) is 23.0 Å². The molecule has 0 saturated carbocycles. The Morgan fingerprint density at radius 3 is 2.61 bits per heavy atom. The van der Waals surface area contributed by atoms with E-state index in [-0.39, 0.29) is 11.5 Å². The van der Waals surface area contributed by atoms with Gasteiger partial charge in [-0.1, -0.05) is 42.5 Å². The van der Waals surface area contributed by atoms with Crippen molar-refractivity contribution in [1.29, 1.82) is 0 Å². The average Bonchev–Trinajstić information content (AvgIpc) is 3.15. The molecule has 5 rings (SSSR count). The van der Waals surface area contributed by atoms with E-state index in [2.05, 4.69) is 17.0 Å². The van der Waals surface area contributed by atoms with Gasteiger partial charge in [0.1, 0.15) is 18.2 Å². The van der Waals surface area contributed by atoms with Gasteiger partial charge in [0.2, 0.25) is 5.78 Å². The lowest BCUT2D eigenvalue weighted by Gasteiger charge is -2.30. The molecule has 0 N–H and O–H groups in total. The van der Waals surface area contributed by atoms with Gasteiger partial charge in [0.05, 0.1) is 19.8 Å². The number of methoxy groups -OCH3 is 2. The van der Waals surface area contributed by atoms with Gasteiger partial charge in [0.15, 0.2) is 17.3 Å². The second kappa shape index (κ2) is 8.64. The van der Waals surface area contributed by atoms with Crippen LogP contribution in [-0.4, -0.2) is 31.6 Å². The second-order valence-corrected chi connectivity index (χ2v) is 8.14. The summed E-state index contributed by atoms with van der Waals surface area (Å²) in [4.78, 5) is 15.5. The number of ketones is 1. The fourth-order valence-electron chi connectivity index (χ4n) is 4.41. The van der Waals surface area contributed by atoms with Gasteiger partial charge in [-0.25, -0.2) is 0 Å². The first kappa shape index (κ1) is 21.1. The Morgan fingerprint density at radius 2 is 1.85 bits per heavy atom. The number of allylic oxidation sites excluding steroid dienone is 1. The molecule has 0 atom stereocenters. The lowest BCUT2D eigenvalue weighted by Crippen LogP contribution is -2.32. The van der Waals surface area contributed by atoms with E-state index in [0.717, 1.165) is 23.4 Å². The van der Waals surface area contributed by atoms with Crippen LogP contribution in [0.25, 0.3) is 6.08 Å². The summed E-state index contributed by atoms with van der Waals surface area (Å²) in [5.74, 6) is 2.60. The third-order valence-electron chi connectivity index (χ3n) is 5.97. The fourth-order valence-corrected chi connectivity index (χ4v) is 4.41. The summed E-state index contributed by atoms with van der Waals surface area (Å²) in [6.45, 7) is 3.90. The normalized spacial score (nSPS) is 16.1. The Kier molecular flexibility index (Phi) is 5.52. The summed E-state index contributed by atoms with van der Waals surface area (Å²) >= 11 is 0. The molecule has 0 amide bonds. The Balaban J connectivity index is 1.45. The first-order chi connectivity index (χ1) is 16.1. The van der Waals surface area contributed by atoms with Gasteiger partial charge >= 0.3 is 0 Å². The lowest BCUT2D eigenvalue weighted by molar-refractivity contribution is 0.0876. The van der Waals surface area contributed by atoms with Crippen LogP contribution in [0.3, 0.4) is 0 Å². The number of para-hydroxylation sites is 1. The Labute approximate surface area is 193 Å². The molecule has 0 fully saturated rings. The summed E-state index contributed by atoms with van der Waals surface area (Å²) < 4.78 is 23.0. The summed E-state index contributed by atoms with van der Waals surface area (Å²) in [6, 6.07) is 17.7. The molecule has 168 valence electrons. The van der Waals surface area contributed by atoms with Crippen molar-refractivity contribution in [3.63, 3.8) is 0 Å². The molecule has 2 aliphatic rings. The molecule has 3 aromatic carbocycles. The molecule has 3 aromatic rings. The maximum absolute atomic E-state index is 13.2. The number of carbonyl (C=O) groups excluding carboxylic acids is 1. The summed E-state index contributed by atoms with van der Waals surface area (Å²) in [5.41, 5.74) is 4.33. The second-order valence-electron chi connectivity index (χ2n) is 8.14. The first-order valence-corrected chi connectivity index (χ1v) is 10.8. The van der Waals surface area contributed by atoms with E-state index in [4.69, 9.17) is 18.9 Å². The van der Waals surface area contributed by atoms with E-state index in [0.29, 0.717) is 41.7 Å². The van der Waals surface area contributed by atoms with Crippen LogP contribution in [0.2, 0.25) is 0 Å². The number of fused-ring (bicyclic) bond motifs is 2. The lowest BCUT2D eigenvalue weighted by atomic mass is 9.99. The van der Waals surface area contributed by atoms with Gasteiger partial charge in [-0.2, -0.15) is 0 Å². The molecular formula is C27H25NO5. The average molecular weight is 443 g/mol. The van der Waals surface area contributed by atoms with E-state index >= 15 is 0 Å². The number of ether oxygens (including phenoxy) is 4. The van der Waals surface area contributed by atoms with Gasteiger partial charge in [-0.05, 0) is 30.7 Å². The fraction of sp³-hybridized carbons (Fsp3) is 0.222. The Hall–Kier alpha value is -3.77. The number of benzene rings is 3. The molecule has 0 bridgehead atoms. The Bertz CT molecular complexity index is 1250. The zero-order valence-corrected chi connectivity index (χ0v) is 18.9. The number of nitrogens with zero attached hydrogens (tertiary/aromatic N) is 1. The van der Waals surface area contributed by atoms with Crippen LogP contribution in [0, 0.1) is 6.92 Å². The highest BCUT2D eigenvalue weighted by Crippen LogP contribution is 2.44. The number of hydrogen-bond acceptors (Lipinski definition) is 6. The highest BCUT2D eigenvalue weighted by Gasteiger charge is 2.34. The maximum atomic E-state index is 13.2. The quantitative estimate of drug-likeness (QED) is 0.519. The van der Waals surface area contributed by atoms with Crippen molar-refractivity contribution in [3.05, 3.63) is 88.2 Å². The highest BCUT2D eigenvalue weighted by atomic mass is 16.5. The van der Waals surface area contributed by atoms with Gasteiger partial charge in [-0.15, -0.1) is 0 Å². The number of hydrogen-bond donors (Lipinski definition) is 0. The van der Waals surface area contributed by atoms with Crippen molar-refractivity contribution in [1.82, 2.24) is 4.90 Å². The predicted octanol–water partition coefficient (Wildman–Crippen LogP) is 4.98. The third-order valence-corrected chi connectivity index (χ3v) is 5.97. The molecule has 0 unspecified atom stereocenters. The van der Waals surface area contributed by atoms with E-state index in [1.807, 2.05) is 49.4 Å². The monoisotopic (exact) mass is 443 g/mol. The topological polar surface area (TPSA) is 57.2 Å². The van der Waals surface area contributed by atoms with Crippen LogP contribution in [0.4, 0.5) is 0 Å². The van der Waals surface area contributed by atoms with Crippen molar-refractivity contribution in [2.75, 3.05) is 21.0 Å². The van der Waals surface area contributed by atoms with Crippen molar-refractivity contribution in [2.45, 2.75) is 20.0 Å². The Morgan fingerprint density at radius 1 is 1.03 bits per heavy atom. The number of carbonyl (C=O) groups is 1. The molecular weight excluding hydrogens is 418 g/mol. The van der Waals surface area contributed by atoms with Gasteiger partial charge in [0, 0.05) is 29.8 Å². The van der Waals surface area contributed by atoms with Crippen molar-refractivity contribution in [3.8, 4) is 23.0 Å². The van der Waals surface area contributed by atoms with Crippen LogP contribution in [0.15, 0.2) is 60.4 Å². The highest BCUT2D eigenvalue weighted by molar-refractivity contribution is 6.15. The maximum Gasteiger partial charge on any atom is 0.231 e. The van der Waals surface area contributed by atoms with E-state index < -0.39 is 0 Å². The summed E-state index contributed by atoms with van der Waals surface area (Å²) in [7, 11) is 3.15. The zero-order chi connectivity index (χ0) is 22.9. The summed E-state index contributed by atoms with van der Waals surface area (Å²) in [5, 5.41) is 0. The van der Waals surface area contributed by atoms with E-state index in [1.54, 1.807) is 20.3 Å². The van der Waals surface area contributed by atoms with Crippen LogP contribution in [0.1, 0.15) is 32.6 Å². The zero-order valence-electron chi connectivity index (χ0n) is 18.9. The molecule has 33 heavy (non-hydrogen) atoms. The molecule has 6 heteroatoms. The van der Waals surface area contributed by atoms with Crippen LogP contribution >= 0.6 is 0 Å². The third kappa shape index (κ3) is 3.83. The van der Waals surface area contributed by atoms with Crippen molar-refractivity contribution >= 4 is 11.9 Å². The summed E-state index contributed by atoms with van der Waals surface area (Å²) in [6.07, 6.45) is 1.70.